The Kier molecular flexibility index (Phi) is 34.6. The molecule has 35 saturated carbocycles. The van der Waals surface area contributed by atoms with Crippen molar-refractivity contribution in [2.45, 2.75) is 591 Å². The minimum atomic E-state index is 0.858. The fourth-order valence-electron chi connectivity index (χ4n) is 41.4. The van der Waals surface area contributed by atoms with Gasteiger partial charge in [-0.15, -0.1) is 0 Å². The second-order valence-electron chi connectivity index (χ2n) is 56.1. The molecule has 0 N–H and O–H groups in total. The summed E-state index contributed by atoms with van der Waals surface area (Å²) in [5.41, 5.74) is 2.66. The number of fused-ring (bicyclic) bond motifs is 27. The number of hydrogen-bond donors (Lipinski definition) is 0. The summed E-state index contributed by atoms with van der Waals surface area (Å²) in [5, 5.41) is 0. The van der Waals surface area contributed by atoms with Gasteiger partial charge < -0.3 is 0 Å². The highest BCUT2D eigenvalue weighted by Gasteiger charge is 2.55. The standard InChI is InChI=1S/C22H36.C18H30.C17H28.C11H20.C10H18.3C8H14.2C7H12.C6H10.C5H8/c1-3-7-17-15(5-1)9-11-21-19(17)13-14-20-18-8-4-2-6-16(18)10-12-22(20)21;1-3-7-15-13(5-1)9-11-18-16-8-4-2-6-14(16)10-12-17(15)18;1-2-6-14-12(4-1)8-10-17-15-7-3-5-13(15)9-11-16(14)17;1-3-7-11(8-4-1)9-5-2-6-10-11;1-2-6-10(7-3-1)8-4-5-9-10;1-2-7-4-5-8(3-1)6-7;1-2-4-8-5-7(3-1)6-8;1-2-4-8(5-3-1)6-7-8;1-2-7-4-3-6(1)5-7;1-2-6-4-7(3-1)5-6;1-2-6-3-5(1)4-6;1-4-2-5(1)3-4/h15-22H,1-14H2;13-18H,1-12H2;12-17H,1-11H2;1-10H2;1-9H2;2*7-8H,1-6H2;1-7H2;2*6-7H,1-5H2;5-6H,1-4H2;4-5H,1-3H2. The number of hydrogen-bond acceptors (Lipinski definition) is 0. The smallest absolute Gasteiger partial charge is 0.0297 e. The summed E-state index contributed by atoms with van der Waals surface area (Å²) in [7, 11) is 0. The van der Waals surface area contributed by atoms with Crippen LogP contribution in [0.25, 0.3) is 0 Å². The Morgan fingerprint density at radius 1 is 0.0866 bits per heavy atom. The molecule has 0 aromatic carbocycles. The van der Waals surface area contributed by atoms with Crippen LogP contribution in [-0.2, 0) is 0 Å². The van der Waals surface area contributed by atoms with Gasteiger partial charge in [0, 0.05) is 0 Å². The first kappa shape index (κ1) is 94.6. The van der Waals surface area contributed by atoms with Crippen LogP contribution in [0.4, 0.5) is 0 Å². The summed E-state index contributed by atoms with van der Waals surface area (Å²) in [6, 6.07) is 0. The van der Waals surface area contributed by atoms with Crippen molar-refractivity contribution < 1.29 is 0 Å². The lowest BCUT2D eigenvalue weighted by Crippen LogP contribution is -2.49. The zero-order valence-electron chi connectivity index (χ0n) is 85.0. The molecule has 35 fully saturated rings. The lowest BCUT2D eigenvalue weighted by molar-refractivity contribution is -0.0786. The molecule has 0 radical (unpaired) electrons. The van der Waals surface area contributed by atoms with E-state index < -0.39 is 0 Å². The van der Waals surface area contributed by atoms with Crippen molar-refractivity contribution in [2.24, 2.45) is 206 Å². The van der Waals surface area contributed by atoms with Crippen molar-refractivity contribution in [1.29, 1.82) is 0 Å². The zero-order chi connectivity index (χ0) is 85.0. The predicted molar refractivity (Wildman–Crippen MR) is 544 cm³/mol. The molecular weight excluding hydrogens is 1530 g/mol. The first-order valence-electron chi connectivity index (χ1n) is 62.7. The van der Waals surface area contributed by atoms with Crippen LogP contribution in [0.15, 0.2) is 0 Å². The van der Waals surface area contributed by atoms with E-state index in [0.29, 0.717) is 0 Å². The van der Waals surface area contributed by atoms with E-state index in [1.54, 1.807) is 475 Å². The van der Waals surface area contributed by atoms with Gasteiger partial charge in [-0.1, -0.05) is 315 Å². The van der Waals surface area contributed by atoms with Gasteiger partial charge in [0.1, 0.15) is 0 Å². The third kappa shape index (κ3) is 24.5. The fraction of sp³-hybridized carbons (Fsp3) is 1.00. The molecule has 12 bridgehead atoms. The van der Waals surface area contributed by atoms with E-state index >= 15 is 0 Å². The Labute approximate surface area is 791 Å². The van der Waals surface area contributed by atoms with E-state index in [-0.39, 0.29) is 0 Å². The summed E-state index contributed by atoms with van der Waals surface area (Å²) in [5.74, 6) is 37.5. The summed E-state index contributed by atoms with van der Waals surface area (Å²) >= 11 is 0. The fourth-order valence-corrected chi connectivity index (χ4v) is 41.4. The van der Waals surface area contributed by atoms with Crippen molar-refractivity contribution >= 4 is 0 Å². The van der Waals surface area contributed by atoms with E-state index in [0.717, 1.165) is 75.4 Å². The van der Waals surface area contributed by atoms with Crippen LogP contribution in [0.2, 0.25) is 0 Å². The highest BCUT2D eigenvalue weighted by molar-refractivity contribution is 5.05. The predicted octanol–water partition coefficient (Wildman–Crippen LogP) is 39.8. The van der Waals surface area contributed by atoms with E-state index in [1.165, 1.54) is 246 Å². The van der Waals surface area contributed by atoms with Gasteiger partial charge in [-0.05, 0) is 482 Å². The van der Waals surface area contributed by atoms with E-state index in [4.69, 9.17) is 0 Å². The van der Waals surface area contributed by atoms with Gasteiger partial charge in [0.2, 0.25) is 0 Å². The Hall–Kier alpha value is 0. The van der Waals surface area contributed by atoms with Crippen molar-refractivity contribution in [1.82, 2.24) is 0 Å². The molecule has 35 rings (SSSR count). The molecule has 0 nitrogen and oxygen atoms in total. The largest absolute Gasteiger partial charge is 0.0533 e. The molecule has 35 aliphatic rings. The molecule has 0 aliphatic heterocycles. The third-order valence-electron chi connectivity index (χ3n) is 49.1. The first-order valence-corrected chi connectivity index (χ1v) is 62.7. The van der Waals surface area contributed by atoms with Gasteiger partial charge in [0.15, 0.2) is 0 Å². The molecule has 22 atom stereocenters. The molecule has 127 heavy (non-hydrogen) atoms. The van der Waals surface area contributed by atoms with Gasteiger partial charge in [-0.3, -0.25) is 0 Å². The normalized spacial score (nSPS) is 46.9. The second kappa shape index (κ2) is 46.4. The molecular formula is C127H216. The molecule has 0 amide bonds. The lowest BCUT2D eigenvalue weighted by atomic mass is 9.48. The molecule has 0 aromatic heterocycles. The summed E-state index contributed by atoms with van der Waals surface area (Å²) in [4.78, 5) is 0. The molecule has 3 spiro atoms. The Balaban J connectivity index is 0.0000000895. The third-order valence-corrected chi connectivity index (χ3v) is 49.1. The SMILES string of the molecule is C1C2CC1C2.C1CC2CC(C1)C2.C1CC2CC1C2.C1CC2CCC(C1)C2.C1CC2CCC1C2.C1CCC2(CC1)CC2.C1CCC2(CC1)CCCC2.C1CCC2(CC1)CCCCC2.C1CCC2C(C1)CCC1C2CCC2C3CCCCC3CCC21.C1CCC2C(C1)CCC1C3CCCC3CCC21.C1CCC2C(C1)CCC1C3CCCCC3CCC21.C1CCC2CC(C1)C2. The van der Waals surface area contributed by atoms with Crippen molar-refractivity contribution in [3.05, 3.63) is 0 Å². The highest BCUT2D eigenvalue weighted by Crippen LogP contribution is 2.65. The zero-order valence-corrected chi connectivity index (χ0v) is 85.0. The summed E-state index contributed by atoms with van der Waals surface area (Å²) in [6.07, 6.45) is 144. The van der Waals surface area contributed by atoms with Crippen molar-refractivity contribution in [3.63, 3.8) is 0 Å². The Bertz CT molecular complexity index is 2920. The van der Waals surface area contributed by atoms with Crippen LogP contribution in [0.1, 0.15) is 591 Å². The van der Waals surface area contributed by atoms with Crippen LogP contribution in [0.5, 0.6) is 0 Å². The molecule has 22 unspecified atom stereocenters. The molecule has 724 valence electrons. The monoisotopic (exact) mass is 1740 g/mol. The van der Waals surface area contributed by atoms with Gasteiger partial charge in [0.05, 0.1) is 0 Å². The maximum Gasteiger partial charge on any atom is -0.0297 e. The van der Waals surface area contributed by atoms with E-state index in [9.17, 15) is 0 Å². The van der Waals surface area contributed by atoms with Crippen LogP contribution in [-0.4, -0.2) is 0 Å². The average Bonchev–Trinajstić information content (AvgIpc) is 1.32. The molecule has 35 aliphatic carbocycles. The second-order valence-corrected chi connectivity index (χ2v) is 56.1. The highest BCUT2D eigenvalue weighted by atomic mass is 14.6. The maximum atomic E-state index is 1.64. The summed E-state index contributed by atoms with van der Waals surface area (Å²) < 4.78 is 0. The molecule has 0 heteroatoms. The van der Waals surface area contributed by atoms with Crippen LogP contribution in [0, 0.1) is 206 Å². The Morgan fingerprint density at radius 2 is 0.236 bits per heavy atom. The Morgan fingerprint density at radius 3 is 0.457 bits per heavy atom. The van der Waals surface area contributed by atoms with Gasteiger partial charge in [-0.2, -0.15) is 0 Å². The van der Waals surface area contributed by atoms with Crippen molar-refractivity contribution in [2.75, 3.05) is 0 Å². The van der Waals surface area contributed by atoms with E-state index in [2.05, 4.69) is 0 Å². The molecule has 0 aromatic rings. The minimum Gasteiger partial charge on any atom is -0.0533 e. The van der Waals surface area contributed by atoms with Crippen molar-refractivity contribution in [3.8, 4) is 0 Å². The van der Waals surface area contributed by atoms with Gasteiger partial charge >= 0.3 is 0 Å². The molecule has 0 heterocycles. The average molecular weight is 1740 g/mol. The minimum absolute atomic E-state index is 0.858. The van der Waals surface area contributed by atoms with Gasteiger partial charge in [0.25, 0.3) is 0 Å². The first-order chi connectivity index (χ1) is 62.7. The topological polar surface area (TPSA) is 0 Å². The van der Waals surface area contributed by atoms with Crippen LogP contribution in [0.3, 0.4) is 0 Å². The quantitative estimate of drug-likeness (QED) is 0.227. The van der Waals surface area contributed by atoms with Crippen LogP contribution < -0.4 is 0 Å². The lowest BCUT2D eigenvalue weighted by Gasteiger charge is -2.57. The summed E-state index contributed by atoms with van der Waals surface area (Å²) in [6.45, 7) is 0. The van der Waals surface area contributed by atoms with E-state index in [1.807, 2.05) is 0 Å². The van der Waals surface area contributed by atoms with Crippen LogP contribution >= 0.6 is 0 Å². The molecule has 0 saturated heterocycles. The maximum absolute atomic E-state index is 1.64. The number of rotatable bonds is 0. The van der Waals surface area contributed by atoms with Gasteiger partial charge in [-0.25, -0.2) is 0 Å².